The molecule has 5 atom stereocenters. The molecule has 2 aromatic heterocycles. The predicted octanol–water partition coefficient (Wildman–Crippen LogP) is 6.19. The van der Waals surface area contributed by atoms with Crippen LogP contribution in [-0.2, 0) is 14.2 Å². The molecule has 0 aliphatic carbocycles. The summed E-state index contributed by atoms with van der Waals surface area (Å²) in [7, 11) is 0. The second-order valence-electron chi connectivity index (χ2n) is 10.5. The number of aromatic nitrogens is 4. The lowest BCUT2D eigenvalue weighted by atomic mass is 9.93. The molecule has 0 amide bonds. The number of nitrogens with zero attached hydrogens (tertiary/aromatic N) is 6. The van der Waals surface area contributed by atoms with E-state index < -0.39 is 30.4 Å². The number of thiazole rings is 1. The van der Waals surface area contributed by atoms with E-state index in [-0.39, 0.29) is 17.7 Å². The third-order valence-electron chi connectivity index (χ3n) is 7.59. The number of hydrogen-bond donors (Lipinski definition) is 1. The molecule has 5 unspecified atom stereocenters. The standard InChI is InChI=1S/C31H27ClFN7O3S/c1-17-36-23-10-8-20(12-28(23)44-17)37-30(35-16-34)26-13-25(40-14-24(38-39-40)19-7-9-21(32)22(33)11-19)29-27(42-26)15-41-31(43-29)18-5-3-2-4-6-18/h2-12,14,16,25-27,29,31H,13,15H2,1H3,(H2,34,35,37). The van der Waals surface area contributed by atoms with Crippen molar-refractivity contribution in [2.45, 2.75) is 44.0 Å². The van der Waals surface area contributed by atoms with E-state index in [1.54, 1.807) is 28.3 Å². The maximum atomic E-state index is 14.3. The van der Waals surface area contributed by atoms with E-state index in [0.29, 0.717) is 29.2 Å². The Hall–Kier alpha value is -4.07. The average molecular weight is 632 g/mol. The van der Waals surface area contributed by atoms with Crippen LogP contribution in [0.5, 0.6) is 0 Å². The van der Waals surface area contributed by atoms with Gasteiger partial charge in [0.1, 0.15) is 29.8 Å². The maximum Gasteiger partial charge on any atom is 0.184 e. The van der Waals surface area contributed by atoms with Gasteiger partial charge in [-0.1, -0.05) is 53.2 Å². The van der Waals surface area contributed by atoms with Crippen molar-refractivity contribution < 1.29 is 18.6 Å². The van der Waals surface area contributed by atoms with Crippen LogP contribution < -0.4 is 5.73 Å². The fourth-order valence-electron chi connectivity index (χ4n) is 5.55. The Labute approximate surface area is 261 Å². The SMILES string of the molecule is Cc1nc2ccc(N=C(N=CN)C3CC(n4cc(-c5ccc(Cl)c(F)c5)nn4)C4OC(c5ccccc5)OCC4O3)cc2s1. The van der Waals surface area contributed by atoms with E-state index in [4.69, 9.17) is 36.5 Å². The highest BCUT2D eigenvalue weighted by Crippen LogP contribution is 2.40. The molecule has 224 valence electrons. The predicted molar refractivity (Wildman–Crippen MR) is 167 cm³/mol. The summed E-state index contributed by atoms with van der Waals surface area (Å²) in [5, 5.41) is 9.80. The minimum atomic E-state index is -0.585. The molecule has 13 heteroatoms. The summed E-state index contributed by atoms with van der Waals surface area (Å²) in [6.45, 7) is 2.24. The van der Waals surface area contributed by atoms with Crippen LogP contribution in [0.4, 0.5) is 10.1 Å². The minimum Gasteiger partial charge on any atom is -0.390 e. The highest BCUT2D eigenvalue weighted by Gasteiger charge is 2.47. The molecule has 10 nitrogen and oxygen atoms in total. The Balaban J connectivity index is 1.24. The molecule has 7 rings (SSSR count). The van der Waals surface area contributed by atoms with Crippen molar-refractivity contribution >= 4 is 51.0 Å². The van der Waals surface area contributed by atoms with E-state index in [1.165, 1.54) is 18.5 Å². The zero-order valence-corrected chi connectivity index (χ0v) is 25.0. The first kappa shape index (κ1) is 28.7. The van der Waals surface area contributed by atoms with Crippen LogP contribution in [0, 0.1) is 12.7 Å². The second kappa shape index (κ2) is 12.1. The van der Waals surface area contributed by atoms with Gasteiger partial charge < -0.3 is 19.9 Å². The van der Waals surface area contributed by atoms with Gasteiger partial charge in [-0.15, -0.1) is 16.4 Å². The van der Waals surface area contributed by atoms with Crippen molar-refractivity contribution in [1.82, 2.24) is 20.0 Å². The molecule has 2 aliphatic heterocycles. The summed E-state index contributed by atoms with van der Waals surface area (Å²) < 4.78 is 36.2. The summed E-state index contributed by atoms with van der Waals surface area (Å²) >= 11 is 7.50. The lowest BCUT2D eigenvalue weighted by Crippen LogP contribution is -2.54. The van der Waals surface area contributed by atoms with Crippen molar-refractivity contribution in [1.29, 1.82) is 0 Å². The highest BCUT2D eigenvalue weighted by atomic mass is 35.5. The Morgan fingerprint density at radius 3 is 2.82 bits per heavy atom. The molecule has 5 aromatic rings. The number of benzene rings is 3. The molecule has 2 aliphatic rings. The van der Waals surface area contributed by atoms with E-state index in [0.717, 1.165) is 20.8 Å². The Morgan fingerprint density at radius 1 is 1.14 bits per heavy atom. The van der Waals surface area contributed by atoms with Crippen molar-refractivity contribution in [3.05, 3.63) is 94.3 Å². The average Bonchev–Trinajstić information content (AvgIpc) is 3.68. The fourth-order valence-corrected chi connectivity index (χ4v) is 6.53. The zero-order valence-electron chi connectivity index (χ0n) is 23.5. The molecule has 3 aromatic carbocycles. The topological polar surface area (TPSA) is 122 Å². The number of halogens is 2. The molecule has 0 bridgehead atoms. The van der Waals surface area contributed by atoms with Crippen molar-refractivity contribution in [3.63, 3.8) is 0 Å². The van der Waals surface area contributed by atoms with E-state index in [9.17, 15) is 4.39 Å². The summed E-state index contributed by atoms with van der Waals surface area (Å²) in [5.41, 5.74) is 9.34. The van der Waals surface area contributed by atoms with Gasteiger partial charge in [-0.25, -0.2) is 24.0 Å². The number of hydrogen-bond acceptors (Lipinski definition) is 8. The molecule has 2 N–H and O–H groups in total. The number of nitrogens with two attached hydrogens (primary N) is 1. The van der Waals surface area contributed by atoms with Gasteiger partial charge in [-0.05, 0) is 37.3 Å². The molecule has 44 heavy (non-hydrogen) atoms. The first-order chi connectivity index (χ1) is 21.4. The molecule has 0 radical (unpaired) electrons. The lowest BCUT2D eigenvalue weighted by molar-refractivity contribution is -0.294. The van der Waals surface area contributed by atoms with Crippen molar-refractivity contribution in [3.8, 4) is 11.3 Å². The maximum absolute atomic E-state index is 14.3. The van der Waals surface area contributed by atoms with Gasteiger partial charge in [-0.3, -0.25) is 0 Å². The summed E-state index contributed by atoms with van der Waals surface area (Å²) in [5.74, 6) is -0.127. The first-order valence-corrected chi connectivity index (χ1v) is 15.2. The van der Waals surface area contributed by atoms with Gasteiger partial charge >= 0.3 is 0 Å². The zero-order chi connectivity index (χ0) is 30.2. The van der Waals surface area contributed by atoms with Gasteiger partial charge in [-0.2, -0.15) is 0 Å². The van der Waals surface area contributed by atoms with Gasteiger partial charge in [0.15, 0.2) is 12.1 Å². The van der Waals surface area contributed by atoms with Gasteiger partial charge in [0.05, 0.1) is 51.1 Å². The van der Waals surface area contributed by atoms with Gasteiger partial charge in [0.2, 0.25) is 0 Å². The third kappa shape index (κ3) is 5.74. The number of ether oxygens (including phenoxy) is 3. The van der Waals surface area contributed by atoms with E-state index >= 15 is 0 Å². The van der Waals surface area contributed by atoms with Crippen LogP contribution in [0.3, 0.4) is 0 Å². The molecule has 2 fully saturated rings. The number of amidine groups is 1. The minimum absolute atomic E-state index is 0.0377. The lowest BCUT2D eigenvalue weighted by Gasteiger charge is -2.45. The van der Waals surface area contributed by atoms with Crippen molar-refractivity contribution in [2.75, 3.05) is 6.61 Å². The quantitative estimate of drug-likeness (QED) is 0.181. The van der Waals surface area contributed by atoms with Gasteiger partial charge in [0.25, 0.3) is 0 Å². The summed E-state index contributed by atoms with van der Waals surface area (Å²) in [4.78, 5) is 13.8. The third-order valence-corrected chi connectivity index (χ3v) is 8.83. The first-order valence-electron chi connectivity index (χ1n) is 14.0. The molecular formula is C31H27ClFN7O3S. The number of aliphatic imine (C=N–C) groups is 2. The second-order valence-corrected chi connectivity index (χ2v) is 12.1. The smallest absolute Gasteiger partial charge is 0.184 e. The largest absolute Gasteiger partial charge is 0.390 e. The molecule has 4 heterocycles. The van der Waals surface area contributed by atoms with Crippen LogP contribution >= 0.6 is 22.9 Å². The van der Waals surface area contributed by atoms with Crippen molar-refractivity contribution in [2.24, 2.45) is 15.7 Å². The summed E-state index contributed by atoms with van der Waals surface area (Å²) in [6, 6.07) is 19.7. The van der Waals surface area contributed by atoms with Gasteiger partial charge in [0, 0.05) is 17.5 Å². The molecular weight excluding hydrogens is 605 g/mol. The number of rotatable bonds is 5. The Kier molecular flexibility index (Phi) is 7.91. The molecule has 0 saturated carbocycles. The fraction of sp³-hybridized carbons (Fsp3) is 0.258. The number of fused-ring (bicyclic) bond motifs is 2. The molecule has 0 spiro atoms. The Bertz CT molecular complexity index is 1860. The van der Waals surface area contributed by atoms with Crippen LogP contribution in [-0.4, -0.2) is 57.1 Å². The van der Waals surface area contributed by atoms with Crippen LogP contribution in [0.25, 0.3) is 21.5 Å². The highest BCUT2D eigenvalue weighted by molar-refractivity contribution is 7.18. The monoisotopic (exact) mass is 631 g/mol. The Morgan fingerprint density at radius 2 is 2.00 bits per heavy atom. The molecule has 2 saturated heterocycles. The normalized spacial score (nSPS) is 24.2. The summed E-state index contributed by atoms with van der Waals surface area (Å²) in [6.07, 6.45) is 1.32. The van der Waals surface area contributed by atoms with E-state index in [1.807, 2.05) is 55.5 Å². The van der Waals surface area contributed by atoms with E-state index in [2.05, 4.69) is 20.3 Å². The number of aryl methyl sites for hydroxylation is 1. The van der Waals surface area contributed by atoms with Crippen LogP contribution in [0.1, 0.15) is 29.3 Å². The van der Waals surface area contributed by atoms with Crippen LogP contribution in [0.2, 0.25) is 5.02 Å². The van der Waals surface area contributed by atoms with Crippen LogP contribution in [0.15, 0.2) is 82.9 Å².